The number of aromatic nitrogens is 1. The van der Waals surface area contributed by atoms with Crippen molar-refractivity contribution in [1.82, 2.24) is 14.8 Å². The number of hydrogen-bond acceptors (Lipinski definition) is 2. The molecule has 0 atom stereocenters. The standard InChI is InChI=1S/C36H37N3O2/c1-2-3-23-39(36(41)31-20-18-30(19-21-31)29-14-8-5-9-15-29)27-35(40)38(26-28-12-6-4-7-13-28)24-22-32-25-37-34-17-11-10-16-33(32)34/h4-21,25,37H,2-3,22-24,26-27H2,1H3. The highest BCUT2D eigenvalue weighted by atomic mass is 16.2. The number of benzene rings is 4. The van der Waals surface area contributed by atoms with Gasteiger partial charge in [0, 0.05) is 42.3 Å². The van der Waals surface area contributed by atoms with E-state index in [4.69, 9.17) is 0 Å². The maximum Gasteiger partial charge on any atom is 0.254 e. The first-order chi connectivity index (χ1) is 20.1. The Morgan fingerprint density at radius 1 is 0.707 bits per heavy atom. The van der Waals surface area contributed by atoms with E-state index in [0.29, 0.717) is 25.2 Å². The second kappa shape index (κ2) is 13.6. The first kappa shape index (κ1) is 27.9. The first-order valence-corrected chi connectivity index (χ1v) is 14.4. The summed E-state index contributed by atoms with van der Waals surface area (Å²) in [5.74, 6) is -0.151. The van der Waals surface area contributed by atoms with Crippen molar-refractivity contribution < 1.29 is 9.59 Å². The monoisotopic (exact) mass is 543 g/mol. The molecule has 0 saturated carbocycles. The number of para-hydroxylation sites is 1. The van der Waals surface area contributed by atoms with Crippen LogP contribution >= 0.6 is 0 Å². The molecule has 5 rings (SSSR count). The highest BCUT2D eigenvalue weighted by molar-refractivity contribution is 5.97. The van der Waals surface area contributed by atoms with Crippen molar-refractivity contribution in [3.05, 3.63) is 132 Å². The minimum Gasteiger partial charge on any atom is -0.361 e. The summed E-state index contributed by atoms with van der Waals surface area (Å²) in [6.45, 7) is 3.77. The van der Waals surface area contributed by atoms with Gasteiger partial charge in [0.2, 0.25) is 5.91 Å². The van der Waals surface area contributed by atoms with Crippen molar-refractivity contribution >= 4 is 22.7 Å². The van der Waals surface area contributed by atoms with Crippen LogP contribution in [0.4, 0.5) is 0 Å². The number of nitrogens with one attached hydrogen (secondary N) is 1. The summed E-state index contributed by atoms with van der Waals surface area (Å²) < 4.78 is 0. The third kappa shape index (κ3) is 7.12. The third-order valence-corrected chi connectivity index (χ3v) is 7.53. The van der Waals surface area contributed by atoms with Gasteiger partial charge >= 0.3 is 0 Å². The molecule has 1 N–H and O–H groups in total. The Hall–Kier alpha value is -4.64. The first-order valence-electron chi connectivity index (χ1n) is 14.4. The molecule has 2 amide bonds. The Balaban J connectivity index is 1.33. The lowest BCUT2D eigenvalue weighted by atomic mass is 10.0. The Morgan fingerprint density at radius 2 is 1.37 bits per heavy atom. The van der Waals surface area contributed by atoms with Crippen LogP contribution in [0.3, 0.4) is 0 Å². The molecular formula is C36H37N3O2. The molecule has 1 heterocycles. The van der Waals surface area contributed by atoms with Crippen LogP contribution in [-0.2, 0) is 17.8 Å². The van der Waals surface area contributed by atoms with E-state index in [1.54, 1.807) is 4.90 Å². The predicted octanol–water partition coefficient (Wildman–Crippen LogP) is 7.35. The summed E-state index contributed by atoms with van der Waals surface area (Å²) in [5, 5.41) is 1.18. The summed E-state index contributed by atoms with van der Waals surface area (Å²) >= 11 is 0. The van der Waals surface area contributed by atoms with E-state index in [2.05, 4.69) is 36.2 Å². The van der Waals surface area contributed by atoms with Crippen LogP contribution in [0.5, 0.6) is 0 Å². The molecule has 208 valence electrons. The lowest BCUT2D eigenvalue weighted by Crippen LogP contribution is -2.43. The molecule has 4 aromatic carbocycles. The van der Waals surface area contributed by atoms with Gasteiger partial charge in [0.25, 0.3) is 5.91 Å². The normalized spacial score (nSPS) is 11.0. The molecule has 0 unspecified atom stereocenters. The summed E-state index contributed by atoms with van der Waals surface area (Å²) in [7, 11) is 0. The number of hydrogen-bond donors (Lipinski definition) is 1. The van der Waals surface area contributed by atoms with Crippen LogP contribution in [0.15, 0.2) is 115 Å². The van der Waals surface area contributed by atoms with Gasteiger partial charge in [-0.1, -0.05) is 104 Å². The van der Waals surface area contributed by atoms with E-state index in [0.717, 1.165) is 41.5 Å². The fourth-order valence-corrected chi connectivity index (χ4v) is 5.17. The highest BCUT2D eigenvalue weighted by Gasteiger charge is 2.23. The summed E-state index contributed by atoms with van der Waals surface area (Å²) in [4.78, 5) is 34.4. The van der Waals surface area contributed by atoms with Gasteiger partial charge in [-0.15, -0.1) is 0 Å². The molecule has 0 aliphatic carbocycles. The second-order valence-corrected chi connectivity index (χ2v) is 10.4. The second-order valence-electron chi connectivity index (χ2n) is 10.4. The maximum absolute atomic E-state index is 13.8. The SMILES string of the molecule is CCCCN(CC(=O)N(CCc1c[nH]c2ccccc12)Cc1ccccc1)C(=O)c1ccc(-c2ccccc2)cc1. The lowest BCUT2D eigenvalue weighted by molar-refractivity contribution is -0.132. The predicted molar refractivity (Wildman–Crippen MR) is 167 cm³/mol. The van der Waals surface area contributed by atoms with Gasteiger partial charge in [0.1, 0.15) is 6.54 Å². The average Bonchev–Trinajstić information content (AvgIpc) is 3.45. The molecule has 0 saturated heterocycles. The lowest BCUT2D eigenvalue weighted by Gasteiger charge is -2.28. The van der Waals surface area contributed by atoms with Crippen molar-refractivity contribution in [2.75, 3.05) is 19.6 Å². The number of unbranched alkanes of at least 4 members (excludes halogenated alkanes) is 1. The number of amides is 2. The van der Waals surface area contributed by atoms with Crippen LogP contribution in [0, 0.1) is 0 Å². The van der Waals surface area contributed by atoms with E-state index in [9.17, 15) is 9.59 Å². The zero-order chi connectivity index (χ0) is 28.4. The van der Waals surface area contributed by atoms with Crippen molar-refractivity contribution in [3.63, 3.8) is 0 Å². The molecule has 1 aromatic heterocycles. The fourth-order valence-electron chi connectivity index (χ4n) is 5.17. The number of aromatic amines is 1. The van der Waals surface area contributed by atoms with Crippen LogP contribution in [0.1, 0.15) is 41.3 Å². The summed E-state index contributed by atoms with van der Waals surface area (Å²) in [6.07, 6.45) is 4.55. The smallest absolute Gasteiger partial charge is 0.254 e. The zero-order valence-electron chi connectivity index (χ0n) is 23.6. The van der Waals surface area contributed by atoms with Crippen molar-refractivity contribution in [2.24, 2.45) is 0 Å². The maximum atomic E-state index is 13.8. The van der Waals surface area contributed by atoms with Crippen LogP contribution in [0.25, 0.3) is 22.0 Å². The van der Waals surface area contributed by atoms with Gasteiger partial charge in [-0.3, -0.25) is 9.59 Å². The van der Waals surface area contributed by atoms with Gasteiger partial charge in [0.05, 0.1) is 0 Å². The minimum absolute atomic E-state index is 0.0425. The van der Waals surface area contributed by atoms with E-state index >= 15 is 0 Å². The zero-order valence-corrected chi connectivity index (χ0v) is 23.6. The van der Waals surface area contributed by atoms with Gasteiger partial charge in [-0.25, -0.2) is 0 Å². The van der Waals surface area contributed by atoms with Crippen molar-refractivity contribution in [1.29, 1.82) is 0 Å². The topological polar surface area (TPSA) is 56.4 Å². The largest absolute Gasteiger partial charge is 0.361 e. The number of nitrogens with zero attached hydrogens (tertiary/aromatic N) is 2. The Labute approximate surface area is 242 Å². The molecule has 41 heavy (non-hydrogen) atoms. The number of rotatable bonds is 12. The van der Waals surface area contributed by atoms with E-state index in [-0.39, 0.29) is 18.4 Å². The fraction of sp³-hybridized carbons (Fsp3) is 0.222. The molecule has 0 aliphatic heterocycles. The molecule has 5 aromatic rings. The Morgan fingerprint density at radius 3 is 2.10 bits per heavy atom. The third-order valence-electron chi connectivity index (χ3n) is 7.53. The number of carbonyl (C=O) groups excluding carboxylic acids is 2. The number of H-pyrrole nitrogens is 1. The molecule has 0 fully saturated rings. The molecular weight excluding hydrogens is 506 g/mol. The van der Waals surface area contributed by atoms with Crippen molar-refractivity contribution in [3.8, 4) is 11.1 Å². The molecule has 5 heteroatoms. The summed E-state index contributed by atoms with van der Waals surface area (Å²) in [5.41, 5.74) is 6.12. The quantitative estimate of drug-likeness (QED) is 0.179. The minimum atomic E-state index is -0.109. The van der Waals surface area contributed by atoms with Crippen LogP contribution in [0.2, 0.25) is 0 Å². The van der Waals surface area contributed by atoms with E-state index < -0.39 is 0 Å². The summed E-state index contributed by atoms with van der Waals surface area (Å²) in [6, 6.07) is 36.1. The number of carbonyl (C=O) groups is 2. The van der Waals surface area contributed by atoms with Gasteiger partial charge in [-0.05, 0) is 53.3 Å². The molecule has 0 bridgehead atoms. The molecule has 0 radical (unpaired) electrons. The van der Waals surface area contributed by atoms with Gasteiger partial charge in [0.15, 0.2) is 0 Å². The Kier molecular flexibility index (Phi) is 9.27. The average molecular weight is 544 g/mol. The van der Waals surface area contributed by atoms with Gasteiger partial charge in [-0.2, -0.15) is 0 Å². The molecule has 0 spiro atoms. The van der Waals surface area contributed by atoms with Gasteiger partial charge < -0.3 is 14.8 Å². The van der Waals surface area contributed by atoms with Crippen LogP contribution in [-0.4, -0.2) is 46.2 Å². The van der Waals surface area contributed by atoms with Crippen molar-refractivity contribution in [2.45, 2.75) is 32.7 Å². The van der Waals surface area contributed by atoms with E-state index in [1.165, 1.54) is 10.9 Å². The Bertz CT molecular complexity index is 1560. The van der Waals surface area contributed by atoms with E-state index in [1.807, 2.05) is 96.0 Å². The van der Waals surface area contributed by atoms with Crippen LogP contribution < -0.4 is 0 Å². The number of fused-ring (bicyclic) bond motifs is 1. The highest BCUT2D eigenvalue weighted by Crippen LogP contribution is 2.21. The molecule has 0 aliphatic rings. The molecule has 5 nitrogen and oxygen atoms in total.